The molecule has 0 aliphatic carbocycles. The zero-order chi connectivity index (χ0) is 21.9. The van der Waals surface area contributed by atoms with Crippen molar-refractivity contribution in [2.75, 3.05) is 18.5 Å². The van der Waals surface area contributed by atoms with Gasteiger partial charge in [-0.1, -0.05) is 68.4 Å². The van der Waals surface area contributed by atoms with Crippen LogP contribution in [0, 0.1) is 5.92 Å². The van der Waals surface area contributed by atoms with Crippen molar-refractivity contribution < 1.29 is 9.47 Å². The maximum Gasteiger partial charge on any atom is 0.219 e. The van der Waals surface area contributed by atoms with Gasteiger partial charge in [-0.3, -0.25) is 0 Å². The summed E-state index contributed by atoms with van der Waals surface area (Å²) >= 11 is 0. The van der Waals surface area contributed by atoms with Gasteiger partial charge in [-0.25, -0.2) is 9.98 Å². The monoisotopic (exact) mass is 425 g/mol. The zero-order valence-electron chi connectivity index (χ0n) is 18.4. The standard InChI is InChI=1S/C27H27N3O2/c1-18(2)24-16-31-26(29-24)20-12-6-8-14-22(20)28-23-15-9-7-13-21(23)27-30-25(17-32-27)19-10-4-3-5-11-19/h3-15,18,24-25,28H,16-17H2,1-2H3/t24-,25-/m1/s1. The molecule has 1 N–H and O–H groups in total. The third kappa shape index (κ3) is 4.11. The summed E-state index contributed by atoms with van der Waals surface area (Å²) in [6.45, 7) is 5.52. The third-order valence-corrected chi connectivity index (χ3v) is 5.86. The van der Waals surface area contributed by atoms with Crippen LogP contribution < -0.4 is 5.32 Å². The predicted octanol–water partition coefficient (Wildman–Crippen LogP) is 5.75. The molecule has 0 saturated heterocycles. The maximum atomic E-state index is 6.02. The summed E-state index contributed by atoms with van der Waals surface area (Å²) in [6, 6.07) is 26.7. The Balaban J connectivity index is 1.44. The molecule has 0 bridgehead atoms. The maximum absolute atomic E-state index is 6.02. The van der Waals surface area contributed by atoms with E-state index in [9.17, 15) is 0 Å². The lowest BCUT2D eigenvalue weighted by Gasteiger charge is -2.15. The van der Waals surface area contributed by atoms with E-state index in [0.29, 0.717) is 30.9 Å². The molecule has 3 aromatic rings. The summed E-state index contributed by atoms with van der Waals surface area (Å²) < 4.78 is 12.0. The van der Waals surface area contributed by atoms with E-state index in [4.69, 9.17) is 19.5 Å². The number of benzene rings is 3. The van der Waals surface area contributed by atoms with Gasteiger partial charge in [0.2, 0.25) is 11.8 Å². The molecular formula is C27H27N3O2. The van der Waals surface area contributed by atoms with Crippen LogP contribution in [0.2, 0.25) is 0 Å². The molecule has 5 heteroatoms. The van der Waals surface area contributed by atoms with Crippen LogP contribution in [0.5, 0.6) is 0 Å². The number of ether oxygens (including phenoxy) is 2. The van der Waals surface area contributed by atoms with Gasteiger partial charge < -0.3 is 14.8 Å². The van der Waals surface area contributed by atoms with E-state index < -0.39 is 0 Å². The molecule has 0 aromatic heterocycles. The fourth-order valence-corrected chi connectivity index (χ4v) is 3.95. The van der Waals surface area contributed by atoms with Crippen molar-refractivity contribution in [3.63, 3.8) is 0 Å². The van der Waals surface area contributed by atoms with E-state index in [1.54, 1.807) is 0 Å². The summed E-state index contributed by atoms with van der Waals surface area (Å²) in [6.07, 6.45) is 0. The molecule has 3 aromatic carbocycles. The Morgan fingerprint density at radius 2 is 1.28 bits per heavy atom. The highest BCUT2D eigenvalue weighted by atomic mass is 16.5. The number of hydrogen-bond acceptors (Lipinski definition) is 5. The largest absolute Gasteiger partial charge is 0.475 e. The average Bonchev–Trinajstić information content (AvgIpc) is 3.51. The highest BCUT2D eigenvalue weighted by Crippen LogP contribution is 2.31. The molecule has 32 heavy (non-hydrogen) atoms. The Hall–Kier alpha value is -3.60. The van der Waals surface area contributed by atoms with Crippen molar-refractivity contribution >= 4 is 23.2 Å². The fourth-order valence-electron chi connectivity index (χ4n) is 3.95. The van der Waals surface area contributed by atoms with Crippen LogP contribution in [-0.2, 0) is 9.47 Å². The van der Waals surface area contributed by atoms with Crippen LogP contribution in [0.3, 0.4) is 0 Å². The minimum absolute atomic E-state index is 0.0146. The first-order valence-electron chi connectivity index (χ1n) is 11.1. The van der Waals surface area contributed by atoms with Crippen molar-refractivity contribution in [2.45, 2.75) is 25.9 Å². The van der Waals surface area contributed by atoms with Crippen molar-refractivity contribution in [1.82, 2.24) is 0 Å². The average molecular weight is 426 g/mol. The predicted molar refractivity (Wildman–Crippen MR) is 129 cm³/mol. The second kappa shape index (κ2) is 8.87. The highest BCUT2D eigenvalue weighted by Gasteiger charge is 2.26. The molecule has 2 aliphatic heterocycles. The molecule has 0 unspecified atom stereocenters. The number of anilines is 2. The first-order valence-corrected chi connectivity index (χ1v) is 11.1. The van der Waals surface area contributed by atoms with E-state index >= 15 is 0 Å². The summed E-state index contributed by atoms with van der Waals surface area (Å²) in [5.41, 5.74) is 4.94. The Morgan fingerprint density at radius 3 is 1.91 bits per heavy atom. The number of nitrogens with one attached hydrogen (secondary N) is 1. The summed E-state index contributed by atoms with van der Waals surface area (Å²) in [7, 11) is 0. The molecular weight excluding hydrogens is 398 g/mol. The Bertz CT molecular complexity index is 1150. The molecule has 2 heterocycles. The molecule has 0 radical (unpaired) electrons. The normalized spacial score (nSPS) is 19.8. The summed E-state index contributed by atoms with van der Waals surface area (Å²) in [5.74, 6) is 1.81. The molecule has 0 saturated carbocycles. The summed E-state index contributed by atoms with van der Waals surface area (Å²) in [4.78, 5) is 9.68. The zero-order valence-corrected chi connectivity index (χ0v) is 18.4. The van der Waals surface area contributed by atoms with Crippen molar-refractivity contribution in [1.29, 1.82) is 0 Å². The molecule has 2 atom stereocenters. The Kier molecular flexibility index (Phi) is 5.63. The molecule has 5 nitrogen and oxygen atoms in total. The highest BCUT2D eigenvalue weighted by molar-refractivity contribution is 6.04. The molecule has 0 amide bonds. The van der Waals surface area contributed by atoms with Crippen LogP contribution in [0.25, 0.3) is 0 Å². The first-order chi connectivity index (χ1) is 15.7. The number of rotatable bonds is 6. The number of hydrogen-bond donors (Lipinski definition) is 1. The van der Waals surface area contributed by atoms with Gasteiger partial charge in [0.05, 0.1) is 28.5 Å². The molecule has 2 aliphatic rings. The van der Waals surface area contributed by atoms with Crippen molar-refractivity contribution in [3.05, 3.63) is 95.6 Å². The number of nitrogens with zero attached hydrogens (tertiary/aromatic N) is 2. The minimum atomic E-state index is 0.0146. The minimum Gasteiger partial charge on any atom is -0.475 e. The number of para-hydroxylation sites is 2. The lowest BCUT2D eigenvalue weighted by atomic mass is 10.1. The van der Waals surface area contributed by atoms with E-state index in [2.05, 4.69) is 31.3 Å². The van der Waals surface area contributed by atoms with Gasteiger partial charge in [0.25, 0.3) is 0 Å². The molecule has 0 spiro atoms. The first kappa shape index (κ1) is 20.3. The Labute approximate surface area is 188 Å². The number of aliphatic imine (C=N–C) groups is 2. The van der Waals surface area contributed by atoms with Crippen LogP contribution in [-0.4, -0.2) is 31.1 Å². The second-order valence-corrected chi connectivity index (χ2v) is 8.44. The van der Waals surface area contributed by atoms with Crippen LogP contribution in [0.4, 0.5) is 11.4 Å². The SMILES string of the molecule is CC(C)[C@H]1COC(c2ccccc2Nc2ccccc2C2=N[C@@H](c3ccccc3)CO2)=N1. The lowest BCUT2D eigenvalue weighted by molar-refractivity contribution is 0.292. The molecule has 162 valence electrons. The third-order valence-electron chi connectivity index (χ3n) is 5.86. The second-order valence-electron chi connectivity index (χ2n) is 8.44. The molecule has 0 fully saturated rings. The van der Waals surface area contributed by atoms with Gasteiger partial charge in [0, 0.05) is 0 Å². The quantitative estimate of drug-likeness (QED) is 0.547. The van der Waals surface area contributed by atoms with E-state index in [-0.39, 0.29) is 12.1 Å². The van der Waals surface area contributed by atoms with Crippen LogP contribution in [0.1, 0.15) is 36.6 Å². The van der Waals surface area contributed by atoms with Gasteiger partial charge >= 0.3 is 0 Å². The van der Waals surface area contributed by atoms with Gasteiger partial charge in [0.1, 0.15) is 19.3 Å². The van der Waals surface area contributed by atoms with Gasteiger partial charge in [-0.05, 0) is 35.7 Å². The van der Waals surface area contributed by atoms with Gasteiger partial charge in [0.15, 0.2) is 0 Å². The topological polar surface area (TPSA) is 55.2 Å². The summed E-state index contributed by atoms with van der Waals surface area (Å²) in [5, 5.41) is 3.57. The smallest absolute Gasteiger partial charge is 0.219 e. The Morgan fingerprint density at radius 1 is 0.719 bits per heavy atom. The van der Waals surface area contributed by atoms with Crippen LogP contribution >= 0.6 is 0 Å². The van der Waals surface area contributed by atoms with Crippen molar-refractivity contribution in [3.8, 4) is 0 Å². The fraction of sp³-hybridized carbons (Fsp3) is 0.259. The lowest BCUT2D eigenvalue weighted by Crippen LogP contribution is -2.13. The van der Waals surface area contributed by atoms with E-state index in [1.165, 1.54) is 0 Å². The van der Waals surface area contributed by atoms with E-state index in [0.717, 1.165) is 28.1 Å². The van der Waals surface area contributed by atoms with Crippen LogP contribution in [0.15, 0.2) is 88.8 Å². The van der Waals surface area contributed by atoms with E-state index in [1.807, 2.05) is 66.7 Å². The van der Waals surface area contributed by atoms with Crippen molar-refractivity contribution in [2.24, 2.45) is 15.9 Å². The van der Waals surface area contributed by atoms with Gasteiger partial charge in [-0.2, -0.15) is 0 Å². The van der Waals surface area contributed by atoms with Gasteiger partial charge in [-0.15, -0.1) is 0 Å². The molecule has 5 rings (SSSR count).